The number of aryl methyl sites for hydroxylation is 2. The predicted octanol–water partition coefficient (Wildman–Crippen LogP) is 0.929. The van der Waals surface area contributed by atoms with E-state index in [4.69, 9.17) is 5.73 Å². The molecule has 0 saturated heterocycles. The normalized spacial score (nSPS) is 13.8. The first-order valence-corrected chi connectivity index (χ1v) is 6.64. The molecule has 1 atom stereocenters. The maximum absolute atomic E-state index is 11.9. The van der Waals surface area contributed by atoms with Crippen molar-refractivity contribution in [3.63, 3.8) is 0 Å². The minimum absolute atomic E-state index is 0.259. The number of nitrogens with two attached hydrogens (primary N) is 1. The molecule has 0 heterocycles. The Morgan fingerprint density at radius 1 is 1.25 bits per heavy atom. The summed E-state index contributed by atoms with van der Waals surface area (Å²) in [5.74, 6) is 0. The van der Waals surface area contributed by atoms with Crippen molar-refractivity contribution < 1.29 is 8.42 Å². The first-order valence-electron chi connectivity index (χ1n) is 5.16. The van der Waals surface area contributed by atoms with E-state index in [0.717, 1.165) is 11.1 Å². The average Bonchev–Trinajstić information content (AvgIpc) is 2.15. The number of sulfonamides is 1. The van der Waals surface area contributed by atoms with Crippen LogP contribution < -0.4 is 10.5 Å². The third-order valence-electron chi connectivity index (χ3n) is 2.22. The molecule has 0 bridgehead atoms. The Morgan fingerprint density at radius 2 is 1.75 bits per heavy atom. The molecule has 90 valence electrons. The second-order valence-corrected chi connectivity index (χ2v) is 5.80. The Balaban J connectivity index is 3.07. The van der Waals surface area contributed by atoms with Crippen molar-refractivity contribution >= 4 is 10.0 Å². The van der Waals surface area contributed by atoms with Crippen LogP contribution in [0.3, 0.4) is 0 Å². The highest BCUT2D eigenvalue weighted by Crippen LogP contribution is 2.14. The molecule has 0 unspecified atom stereocenters. The maximum atomic E-state index is 11.9. The van der Waals surface area contributed by atoms with Gasteiger partial charge in [0.05, 0.1) is 4.90 Å². The summed E-state index contributed by atoms with van der Waals surface area (Å²) in [6, 6.07) is 4.98. The second kappa shape index (κ2) is 4.95. The number of nitrogens with one attached hydrogen (secondary N) is 1. The van der Waals surface area contributed by atoms with E-state index < -0.39 is 10.0 Å². The van der Waals surface area contributed by atoms with Gasteiger partial charge < -0.3 is 5.73 Å². The van der Waals surface area contributed by atoms with Crippen LogP contribution in [0.1, 0.15) is 18.1 Å². The molecular formula is C11H18N2O2S. The zero-order valence-corrected chi connectivity index (χ0v) is 10.6. The maximum Gasteiger partial charge on any atom is 0.240 e. The summed E-state index contributed by atoms with van der Waals surface area (Å²) in [6.45, 7) is 5.76. The third kappa shape index (κ3) is 3.30. The van der Waals surface area contributed by atoms with Gasteiger partial charge >= 0.3 is 0 Å². The lowest BCUT2D eigenvalue weighted by Crippen LogP contribution is -2.37. The van der Waals surface area contributed by atoms with E-state index in [9.17, 15) is 8.42 Å². The molecule has 0 aliphatic carbocycles. The van der Waals surface area contributed by atoms with E-state index >= 15 is 0 Å². The Hall–Kier alpha value is -0.910. The molecule has 0 saturated carbocycles. The average molecular weight is 242 g/mol. The van der Waals surface area contributed by atoms with Crippen LogP contribution in [0.25, 0.3) is 0 Å². The highest BCUT2D eigenvalue weighted by Gasteiger charge is 2.16. The zero-order chi connectivity index (χ0) is 12.3. The summed E-state index contributed by atoms with van der Waals surface area (Å²) in [5, 5.41) is 0. The molecule has 0 aliphatic rings. The van der Waals surface area contributed by atoms with Crippen LogP contribution >= 0.6 is 0 Å². The van der Waals surface area contributed by atoms with Gasteiger partial charge in [-0.05, 0) is 44.0 Å². The first kappa shape index (κ1) is 13.2. The minimum Gasteiger partial charge on any atom is -0.329 e. The summed E-state index contributed by atoms with van der Waals surface area (Å²) in [4.78, 5) is 0.297. The van der Waals surface area contributed by atoms with Crippen molar-refractivity contribution in [1.82, 2.24) is 4.72 Å². The molecule has 0 spiro atoms. The van der Waals surface area contributed by atoms with Gasteiger partial charge in [-0.2, -0.15) is 0 Å². The highest BCUT2D eigenvalue weighted by atomic mass is 32.2. The van der Waals surface area contributed by atoms with Gasteiger partial charge in [-0.3, -0.25) is 0 Å². The lowest BCUT2D eigenvalue weighted by atomic mass is 10.2. The van der Waals surface area contributed by atoms with Crippen LogP contribution in [0.4, 0.5) is 0 Å². The fourth-order valence-electron chi connectivity index (χ4n) is 1.47. The summed E-state index contributed by atoms with van der Waals surface area (Å²) in [5.41, 5.74) is 7.25. The van der Waals surface area contributed by atoms with Gasteiger partial charge in [-0.25, -0.2) is 13.1 Å². The third-order valence-corrected chi connectivity index (χ3v) is 3.78. The smallest absolute Gasteiger partial charge is 0.240 e. The van der Waals surface area contributed by atoms with Crippen LogP contribution in [0.15, 0.2) is 23.1 Å². The van der Waals surface area contributed by atoms with Crippen LogP contribution in [0, 0.1) is 13.8 Å². The largest absolute Gasteiger partial charge is 0.329 e. The van der Waals surface area contributed by atoms with Crippen molar-refractivity contribution in [3.05, 3.63) is 29.3 Å². The van der Waals surface area contributed by atoms with Gasteiger partial charge in [-0.1, -0.05) is 6.07 Å². The number of benzene rings is 1. The summed E-state index contributed by atoms with van der Waals surface area (Å²) in [7, 11) is -3.45. The van der Waals surface area contributed by atoms with E-state index in [1.165, 1.54) is 0 Å². The number of hydrogen-bond donors (Lipinski definition) is 2. The Bertz CT molecular complexity index is 449. The zero-order valence-electron chi connectivity index (χ0n) is 9.82. The molecule has 1 aromatic rings. The summed E-state index contributed by atoms with van der Waals surface area (Å²) >= 11 is 0. The Kier molecular flexibility index (Phi) is 4.07. The SMILES string of the molecule is Cc1cc(C)cc(S(=O)(=O)N[C@H](C)CN)c1. The minimum atomic E-state index is -3.45. The van der Waals surface area contributed by atoms with Gasteiger partial charge in [-0.15, -0.1) is 0 Å². The van der Waals surface area contributed by atoms with E-state index in [2.05, 4.69) is 4.72 Å². The van der Waals surface area contributed by atoms with Crippen molar-refractivity contribution in [2.45, 2.75) is 31.7 Å². The molecule has 4 nitrogen and oxygen atoms in total. The molecule has 0 radical (unpaired) electrons. The van der Waals surface area contributed by atoms with Gasteiger partial charge in [0, 0.05) is 12.6 Å². The molecule has 1 aromatic carbocycles. The van der Waals surface area contributed by atoms with Crippen LogP contribution in [-0.2, 0) is 10.0 Å². The molecule has 5 heteroatoms. The molecule has 1 rings (SSSR count). The lowest BCUT2D eigenvalue weighted by Gasteiger charge is -2.12. The Labute approximate surface area is 96.9 Å². The second-order valence-electron chi connectivity index (χ2n) is 4.08. The van der Waals surface area contributed by atoms with Crippen molar-refractivity contribution in [1.29, 1.82) is 0 Å². The Morgan fingerprint density at radius 3 is 2.19 bits per heavy atom. The molecule has 0 amide bonds. The summed E-state index contributed by atoms with van der Waals surface area (Å²) in [6.07, 6.45) is 0. The molecular weight excluding hydrogens is 224 g/mol. The van der Waals surface area contributed by atoms with E-state index in [-0.39, 0.29) is 12.6 Å². The molecule has 0 fully saturated rings. The molecule has 3 N–H and O–H groups in total. The van der Waals surface area contributed by atoms with E-state index in [1.54, 1.807) is 19.1 Å². The molecule has 0 aromatic heterocycles. The topological polar surface area (TPSA) is 72.2 Å². The van der Waals surface area contributed by atoms with Crippen LogP contribution in [-0.4, -0.2) is 21.0 Å². The van der Waals surface area contributed by atoms with Crippen LogP contribution in [0.2, 0.25) is 0 Å². The fraction of sp³-hybridized carbons (Fsp3) is 0.455. The van der Waals surface area contributed by atoms with Gasteiger partial charge in [0.2, 0.25) is 10.0 Å². The van der Waals surface area contributed by atoms with Crippen LogP contribution in [0.5, 0.6) is 0 Å². The predicted molar refractivity (Wildman–Crippen MR) is 64.8 cm³/mol. The molecule has 0 aliphatic heterocycles. The van der Waals surface area contributed by atoms with E-state index in [1.807, 2.05) is 19.9 Å². The van der Waals surface area contributed by atoms with Gasteiger partial charge in [0.15, 0.2) is 0 Å². The standard InChI is InChI=1S/C11H18N2O2S/c1-8-4-9(2)6-11(5-8)16(14,15)13-10(3)7-12/h4-6,10,13H,7,12H2,1-3H3/t10-/m1/s1. The van der Waals surface area contributed by atoms with Gasteiger partial charge in [0.1, 0.15) is 0 Å². The lowest BCUT2D eigenvalue weighted by molar-refractivity contribution is 0.562. The van der Waals surface area contributed by atoms with E-state index in [0.29, 0.717) is 4.90 Å². The monoisotopic (exact) mass is 242 g/mol. The highest BCUT2D eigenvalue weighted by molar-refractivity contribution is 7.89. The first-order chi connectivity index (χ1) is 7.35. The van der Waals surface area contributed by atoms with Crippen molar-refractivity contribution in [3.8, 4) is 0 Å². The summed E-state index contributed by atoms with van der Waals surface area (Å²) < 4.78 is 26.4. The van der Waals surface area contributed by atoms with Crippen molar-refractivity contribution in [2.24, 2.45) is 5.73 Å². The fourth-order valence-corrected chi connectivity index (χ4v) is 2.91. The van der Waals surface area contributed by atoms with Gasteiger partial charge in [0.25, 0.3) is 0 Å². The quantitative estimate of drug-likeness (QED) is 0.825. The van der Waals surface area contributed by atoms with Crippen molar-refractivity contribution in [2.75, 3.05) is 6.54 Å². The number of hydrogen-bond acceptors (Lipinski definition) is 3. The number of rotatable bonds is 4. The molecule has 16 heavy (non-hydrogen) atoms.